The highest BCUT2D eigenvalue weighted by molar-refractivity contribution is 6.07. The van der Waals surface area contributed by atoms with Crippen molar-refractivity contribution in [1.82, 2.24) is 0 Å². The lowest BCUT2D eigenvalue weighted by Crippen LogP contribution is -2.35. The Hall–Kier alpha value is -2.53. The number of amides is 1. The van der Waals surface area contributed by atoms with Crippen molar-refractivity contribution in [2.75, 3.05) is 38.9 Å². The minimum atomic E-state index is -0.0155. The summed E-state index contributed by atoms with van der Waals surface area (Å²) in [6.07, 6.45) is 1.99. The first-order valence-corrected chi connectivity index (χ1v) is 8.86. The van der Waals surface area contributed by atoms with Crippen molar-refractivity contribution in [2.24, 2.45) is 0 Å². The van der Waals surface area contributed by atoms with E-state index in [2.05, 4.69) is 13.0 Å². The Labute approximate surface area is 154 Å². The molecule has 1 aliphatic rings. The zero-order chi connectivity index (χ0) is 18.5. The van der Waals surface area contributed by atoms with Gasteiger partial charge in [-0.2, -0.15) is 0 Å². The highest BCUT2D eigenvalue weighted by Crippen LogP contribution is 2.33. The molecule has 0 aromatic heterocycles. The number of aryl methyl sites for hydroxylation is 1. The van der Waals surface area contributed by atoms with Crippen LogP contribution in [0.4, 0.5) is 5.69 Å². The molecule has 2 aromatic rings. The quantitative estimate of drug-likeness (QED) is 0.743. The van der Waals surface area contributed by atoms with E-state index in [1.807, 2.05) is 17.0 Å². The molecule has 0 bridgehead atoms. The monoisotopic (exact) mass is 355 g/mol. The van der Waals surface area contributed by atoms with Crippen molar-refractivity contribution in [1.29, 1.82) is 0 Å². The number of rotatable bonds is 6. The average Bonchev–Trinajstić information content (AvgIpc) is 2.68. The van der Waals surface area contributed by atoms with Gasteiger partial charge in [0, 0.05) is 24.9 Å². The molecule has 5 heteroatoms. The largest absolute Gasteiger partial charge is 0.493 e. The van der Waals surface area contributed by atoms with Gasteiger partial charge in [-0.15, -0.1) is 0 Å². The van der Waals surface area contributed by atoms with Gasteiger partial charge >= 0.3 is 0 Å². The second-order valence-electron chi connectivity index (χ2n) is 6.34. The number of fused-ring (bicyclic) bond motifs is 1. The number of benzene rings is 2. The molecule has 3 rings (SSSR count). The molecule has 0 unspecified atom stereocenters. The lowest BCUT2D eigenvalue weighted by Gasteiger charge is -2.30. The van der Waals surface area contributed by atoms with Crippen molar-refractivity contribution in [2.45, 2.75) is 19.8 Å². The summed E-state index contributed by atoms with van der Waals surface area (Å²) in [5, 5.41) is 0. The molecular weight excluding hydrogens is 330 g/mol. The Morgan fingerprint density at radius 2 is 1.96 bits per heavy atom. The van der Waals surface area contributed by atoms with Gasteiger partial charge in [-0.1, -0.05) is 12.1 Å². The second-order valence-corrected chi connectivity index (χ2v) is 6.34. The van der Waals surface area contributed by atoms with Gasteiger partial charge in [-0.05, 0) is 55.2 Å². The van der Waals surface area contributed by atoms with E-state index in [-0.39, 0.29) is 5.91 Å². The summed E-state index contributed by atoms with van der Waals surface area (Å²) in [5.41, 5.74) is 4.11. The van der Waals surface area contributed by atoms with Gasteiger partial charge in [0.1, 0.15) is 6.61 Å². The summed E-state index contributed by atoms with van der Waals surface area (Å²) < 4.78 is 16.0. The van der Waals surface area contributed by atoms with Crippen molar-refractivity contribution >= 4 is 11.6 Å². The summed E-state index contributed by atoms with van der Waals surface area (Å²) in [5.74, 6) is 1.14. The third-order valence-corrected chi connectivity index (χ3v) is 4.69. The molecule has 138 valence electrons. The van der Waals surface area contributed by atoms with Crippen molar-refractivity contribution < 1.29 is 19.0 Å². The maximum absolute atomic E-state index is 13.1. The van der Waals surface area contributed by atoms with E-state index >= 15 is 0 Å². The maximum atomic E-state index is 13.1. The fourth-order valence-electron chi connectivity index (χ4n) is 3.32. The highest BCUT2D eigenvalue weighted by atomic mass is 16.5. The van der Waals surface area contributed by atoms with Gasteiger partial charge in [0.05, 0.1) is 13.7 Å². The van der Waals surface area contributed by atoms with Crippen LogP contribution < -0.4 is 14.4 Å². The zero-order valence-corrected chi connectivity index (χ0v) is 15.6. The molecule has 0 atom stereocenters. The van der Waals surface area contributed by atoms with Crippen LogP contribution in [0.15, 0.2) is 36.4 Å². The van der Waals surface area contributed by atoms with Gasteiger partial charge in [0.15, 0.2) is 11.5 Å². The molecule has 2 aromatic carbocycles. The Morgan fingerprint density at radius 3 is 2.73 bits per heavy atom. The third kappa shape index (κ3) is 3.68. The highest BCUT2D eigenvalue weighted by Gasteiger charge is 2.25. The van der Waals surface area contributed by atoms with Gasteiger partial charge < -0.3 is 19.1 Å². The maximum Gasteiger partial charge on any atom is 0.258 e. The number of hydrogen-bond acceptors (Lipinski definition) is 4. The van der Waals surface area contributed by atoms with Crippen LogP contribution in [-0.2, 0) is 11.2 Å². The van der Waals surface area contributed by atoms with Crippen molar-refractivity contribution in [3.05, 3.63) is 53.1 Å². The number of methoxy groups -OCH3 is 2. The number of hydrogen-bond donors (Lipinski definition) is 0. The fraction of sp³-hybridized carbons (Fsp3) is 0.381. The van der Waals surface area contributed by atoms with Crippen LogP contribution in [0.25, 0.3) is 0 Å². The van der Waals surface area contributed by atoms with Crippen LogP contribution in [-0.4, -0.2) is 39.9 Å². The summed E-state index contributed by atoms with van der Waals surface area (Å²) >= 11 is 0. The van der Waals surface area contributed by atoms with E-state index in [1.165, 1.54) is 11.1 Å². The van der Waals surface area contributed by atoms with E-state index < -0.39 is 0 Å². The Balaban J connectivity index is 1.86. The smallest absolute Gasteiger partial charge is 0.258 e. The number of carbonyl (C=O) groups is 1. The molecule has 0 N–H and O–H groups in total. The lowest BCUT2D eigenvalue weighted by atomic mass is 9.96. The van der Waals surface area contributed by atoms with E-state index in [0.29, 0.717) is 30.3 Å². The number of anilines is 1. The molecule has 0 saturated heterocycles. The molecule has 1 aliphatic heterocycles. The Morgan fingerprint density at radius 1 is 1.12 bits per heavy atom. The van der Waals surface area contributed by atoms with Crippen LogP contribution in [0.5, 0.6) is 11.5 Å². The van der Waals surface area contributed by atoms with Crippen LogP contribution in [0.1, 0.15) is 27.9 Å². The van der Waals surface area contributed by atoms with E-state index in [4.69, 9.17) is 14.2 Å². The number of ether oxygens (including phenoxy) is 3. The molecule has 0 radical (unpaired) electrons. The van der Waals surface area contributed by atoms with Crippen LogP contribution in [0, 0.1) is 6.92 Å². The Bertz CT molecular complexity index is 788. The summed E-state index contributed by atoms with van der Waals surface area (Å²) in [4.78, 5) is 15.0. The molecule has 5 nitrogen and oxygen atoms in total. The molecule has 26 heavy (non-hydrogen) atoms. The van der Waals surface area contributed by atoms with Crippen LogP contribution in [0.2, 0.25) is 0 Å². The first-order valence-electron chi connectivity index (χ1n) is 8.86. The van der Waals surface area contributed by atoms with Crippen molar-refractivity contribution in [3.63, 3.8) is 0 Å². The molecule has 1 heterocycles. The van der Waals surface area contributed by atoms with E-state index in [0.717, 1.165) is 25.1 Å². The third-order valence-electron chi connectivity index (χ3n) is 4.69. The number of carbonyl (C=O) groups excluding carboxylic acids is 1. The second kappa shape index (κ2) is 8.23. The first kappa shape index (κ1) is 18.3. The van der Waals surface area contributed by atoms with E-state index in [9.17, 15) is 4.79 Å². The average molecular weight is 355 g/mol. The fourth-order valence-corrected chi connectivity index (χ4v) is 3.32. The van der Waals surface area contributed by atoms with Gasteiger partial charge in [0.25, 0.3) is 5.91 Å². The van der Waals surface area contributed by atoms with Crippen LogP contribution in [0.3, 0.4) is 0 Å². The standard InChI is InChI=1S/C21H25NO4/c1-15-6-4-8-18-17(15)7-5-11-22(18)21(23)16-9-10-19(20(14-16)25-3)26-13-12-24-2/h4,6,8-10,14H,5,7,11-13H2,1-3H3. The lowest BCUT2D eigenvalue weighted by molar-refractivity contribution is 0.0984. The summed E-state index contributed by atoms with van der Waals surface area (Å²) in [6.45, 7) is 3.75. The normalized spacial score (nSPS) is 13.3. The predicted octanol–water partition coefficient (Wildman–Crippen LogP) is 3.62. The predicted molar refractivity (Wildman–Crippen MR) is 102 cm³/mol. The molecule has 0 fully saturated rings. The number of nitrogens with zero attached hydrogens (tertiary/aromatic N) is 1. The summed E-state index contributed by atoms with van der Waals surface area (Å²) in [6, 6.07) is 11.4. The molecular formula is C21H25NO4. The molecule has 0 saturated carbocycles. The minimum Gasteiger partial charge on any atom is -0.493 e. The molecule has 1 amide bonds. The molecule has 0 spiro atoms. The topological polar surface area (TPSA) is 48.0 Å². The SMILES string of the molecule is COCCOc1ccc(C(=O)N2CCCc3c(C)cccc32)cc1OC. The van der Waals surface area contributed by atoms with Gasteiger partial charge in [-0.25, -0.2) is 0 Å². The Kier molecular flexibility index (Phi) is 5.78. The van der Waals surface area contributed by atoms with E-state index in [1.54, 1.807) is 32.4 Å². The van der Waals surface area contributed by atoms with Crippen LogP contribution >= 0.6 is 0 Å². The van der Waals surface area contributed by atoms with Crippen molar-refractivity contribution in [3.8, 4) is 11.5 Å². The first-order chi connectivity index (χ1) is 12.7. The summed E-state index contributed by atoms with van der Waals surface area (Å²) in [7, 11) is 3.20. The zero-order valence-electron chi connectivity index (χ0n) is 15.6. The molecule has 0 aliphatic carbocycles. The van der Waals surface area contributed by atoms with Gasteiger partial charge in [-0.3, -0.25) is 4.79 Å². The van der Waals surface area contributed by atoms with Gasteiger partial charge in [0.2, 0.25) is 0 Å². The minimum absolute atomic E-state index is 0.0155.